The second kappa shape index (κ2) is 9.13. The van der Waals surface area contributed by atoms with Crippen molar-refractivity contribution in [2.24, 2.45) is 0 Å². The number of benzene rings is 1. The summed E-state index contributed by atoms with van der Waals surface area (Å²) in [6, 6.07) is 7.76. The van der Waals surface area contributed by atoms with Crippen molar-refractivity contribution >= 4 is 17.6 Å². The lowest BCUT2D eigenvalue weighted by atomic mass is 10.0. The van der Waals surface area contributed by atoms with Crippen LogP contribution in [0.15, 0.2) is 24.3 Å². The summed E-state index contributed by atoms with van der Waals surface area (Å²) >= 11 is 0. The number of carbonyl (C=O) groups excluding carboxylic acids is 2. The topological polar surface area (TPSA) is 67.4 Å². The molecule has 0 aliphatic carbocycles. The van der Waals surface area contributed by atoms with E-state index in [9.17, 15) is 9.59 Å². The highest BCUT2D eigenvalue weighted by Gasteiger charge is 2.09. The fourth-order valence-corrected chi connectivity index (χ4v) is 1.93. The molecule has 1 rings (SSSR count). The summed E-state index contributed by atoms with van der Waals surface area (Å²) in [7, 11) is 0. The zero-order valence-corrected chi connectivity index (χ0v) is 12.9. The number of hydrogen-bond acceptors (Lipinski definition) is 4. The lowest BCUT2D eigenvalue weighted by Crippen LogP contribution is -2.30. The van der Waals surface area contributed by atoms with Gasteiger partial charge in [-0.25, -0.2) is 0 Å². The Balaban J connectivity index is 2.36. The maximum Gasteiger partial charge on any atom is 0.307 e. The average Bonchev–Trinajstić information content (AvgIpc) is 2.44. The van der Waals surface area contributed by atoms with Gasteiger partial charge in [0.25, 0.3) is 0 Å². The number of carbonyl (C=O) groups is 2. The molecule has 1 amide bonds. The van der Waals surface area contributed by atoms with E-state index in [2.05, 4.69) is 24.5 Å². The Kier molecular flexibility index (Phi) is 7.46. The van der Waals surface area contributed by atoms with Gasteiger partial charge < -0.3 is 15.4 Å². The molecule has 5 nitrogen and oxygen atoms in total. The first kappa shape index (κ1) is 17.2. The van der Waals surface area contributed by atoms with Crippen molar-refractivity contribution in [3.63, 3.8) is 0 Å². The first-order valence-corrected chi connectivity index (χ1v) is 7.29. The molecule has 1 aromatic rings. The Morgan fingerprint density at radius 1 is 1.24 bits per heavy atom. The standard InChI is InChI=1S/C16H24N2O3/c1-4-21-16(20)9-10-17-11-15(19)18-14-8-6-5-7-13(14)12(2)3/h5-8,12,17H,4,9-11H2,1-3H3,(H,18,19). The van der Waals surface area contributed by atoms with Crippen LogP contribution in [0.2, 0.25) is 0 Å². The van der Waals surface area contributed by atoms with E-state index in [1.807, 2.05) is 24.3 Å². The molecule has 2 N–H and O–H groups in total. The average molecular weight is 292 g/mol. The second-order valence-corrected chi connectivity index (χ2v) is 5.02. The van der Waals surface area contributed by atoms with E-state index in [4.69, 9.17) is 4.74 Å². The van der Waals surface area contributed by atoms with Gasteiger partial charge in [0.15, 0.2) is 0 Å². The van der Waals surface area contributed by atoms with E-state index in [1.165, 1.54) is 0 Å². The Labute approximate surface area is 126 Å². The van der Waals surface area contributed by atoms with E-state index in [0.29, 0.717) is 19.1 Å². The normalized spacial score (nSPS) is 10.5. The summed E-state index contributed by atoms with van der Waals surface area (Å²) in [5.74, 6) is -0.0270. The molecule has 0 saturated heterocycles. The summed E-state index contributed by atoms with van der Waals surface area (Å²) < 4.78 is 4.81. The van der Waals surface area contributed by atoms with Crippen LogP contribution in [0.1, 0.15) is 38.7 Å². The number of ether oxygens (including phenoxy) is 1. The van der Waals surface area contributed by atoms with Crippen molar-refractivity contribution in [3.05, 3.63) is 29.8 Å². The van der Waals surface area contributed by atoms with E-state index < -0.39 is 0 Å². The molecule has 0 saturated carbocycles. The highest BCUT2D eigenvalue weighted by atomic mass is 16.5. The number of rotatable bonds is 8. The van der Waals surface area contributed by atoms with Crippen molar-refractivity contribution in [2.75, 3.05) is 25.0 Å². The molecule has 116 valence electrons. The van der Waals surface area contributed by atoms with E-state index >= 15 is 0 Å². The van der Waals surface area contributed by atoms with Gasteiger partial charge in [0, 0.05) is 12.2 Å². The maximum absolute atomic E-state index is 11.9. The zero-order chi connectivity index (χ0) is 15.7. The SMILES string of the molecule is CCOC(=O)CCNCC(=O)Nc1ccccc1C(C)C. The first-order chi connectivity index (χ1) is 10.0. The smallest absolute Gasteiger partial charge is 0.307 e. The molecule has 5 heteroatoms. The third kappa shape index (κ3) is 6.40. The van der Waals surface area contributed by atoms with E-state index in [-0.39, 0.29) is 24.8 Å². The number of amides is 1. The molecule has 0 bridgehead atoms. The fraction of sp³-hybridized carbons (Fsp3) is 0.500. The summed E-state index contributed by atoms with van der Waals surface area (Å²) in [5.41, 5.74) is 1.95. The molecule has 0 aromatic heterocycles. The lowest BCUT2D eigenvalue weighted by Gasteiger charge is -2.13. The highest BCUT2D eigenvalue weighted by molar-refractivity contribution is 5.93. The highest BCUT2D eigenvalue weighted by Crippen LogP contribution is 2.23. The largest absolute Gasteiger partial charge is 0.466 e. The molecule has 0 aliphatic heterocycles. The van der Waals surface area contributed by atoms with Crippen LogP contribution in [0.3, 0.4) is 0 Å². The number of anilines is 1. The van der Waals surface area contributed by atoms with E-state index in [0.717, 1.165) is 11.3 Å². The number of esters is 1. The number of hydrogen-bond donors (Lipinski definition) is 2. The molecule has 0 radical (unpaired) electrons. The third-order valence-electron chi connectivity index (χ3n) is 2.95. The Bertz CT molecular complexity index is 472. The van der Waals surface area contributed by atoms with Gasteiger partial charge in [0.05, 0.1) is 19.6 Å². The summed E-state index contributed by atoms with van der Waals surface area (Å²) in [4.78, 5) is 23.0. The minimum atomic E-state index is -0.254. The molecular formula is C16H24N2O3. The maximum atomic E-state index is 11.9. The summed E-state index contributed by atoms with van der Waals surface area (Å²) in [5, 5.41) is 5.82. The third-order valence-corrected chi connectivity index (χ3v) is 2.95. The molecule has 0 atom stereocenters. The fourth-order valence-electron chi connectivity index (χ4n) is 1.93. The van der Waals surface area contributed by atoms with Gasteiger partial charge in [0.1, 0.15) is 0 Å². The van der Waals surface area contributed by atoms with Crippen molar-refractivity contribution in [3.8, 4) is 0 Å². The Morgan fingerprint density at radius 2 is 1.95 bits per heavy atom. The number of para-hydroxylation sites is 1. The number of nitrogens with one attached hydrogen (secondary N) is 2. The van der Waals surface area contributed by atoms with Crippen molar-refractivity contribution in [2.45, 2.75) is 33.1 Å². The van der Waals surface area contributed by atoms with Crippen LogP contribution in [0.4, 0.5) is 5.69 Å². The molecule has 0 spiro atoms. The quantitative estimate of drug-likeness (QED) is 0.570. The molecular weight excluding hydrogens is 268 g/mol. The van der Waals surface area contributed by atoms with Crippen LogP contribution >= 0.6 is 0 Å². The zero-order valence-electron chi connectivity index (χ0n) is 12.9. The van der Waals surface area contributed by atoms with Crippen molar-refractivity contribution in [1.29, 1.82) is 0 Å². The van der Waals surface area contributed by atoms with Crippen LogP contribution in [-0.4, -0.2) is 31.6 Å². The van der Waals surface area contributed by atoms with Gasteiger partial charge in [-0.05, 0) is 24.5 Å². The molecule has 0 fully saturated rings. The lowest BCUT2D eigenvalue weighted by molar-refractivity contribution is -0.143. The van der Waals surface area contributed by atoms with Gasteiger partial charge >= 0.3 is 5.97 Å². The van der Waals surface area contributed by atoms with Crippen LogP contribution in [0.5, 0.6) is 0 Å². The molecule has 0 unspecified atom stereocenters. The monoisotopic (exact) mass is 292 g/mol. The Morgan fingerprint density at radius 3 is 2.62 bits per heavy atom. The molecule has 0 aliphatic rings. The minimum absolute atomic E-state index is 0.119. The van der Waals surface area contributed by atoms with Gasteiger partial charge in [-0.1, -0.05) is 32.0 Å². The Hall–Kier alpha value is -1.88. The summed E-state index contributed by atoms with van der Waals surface area (Å²) in [6.45, 7) is 6.92. The first-order valence-electron chi connectivity index (χ1n) is 7.29. The van der Waals surface area contributed by atoms with Gasteiger partial charge in [-0.2, -0.15) is 0 Å². The predicted octanol–water partition coefficient (Wildman–Crippen LogP) is 2.29. The van der Waals surface area contributed by atoms with Crippen LogP contribution in [0.25, 0.3) is 0 Å². The molecule has 0 heterocycles. The van der Waals surface area contributed by atoms with Crippen LogP contribution in [0, 0.1) is 0 Å². The summed E-state index contributed by atoms with van der Waals surface area (Å²) in [6.07, 6.45) is 0.268. The molecule has 1 aromatic carbocycles. The van der Waals surface area contributed by atoms with Crippen molar-refractivity contribution < 1.29 is 14.3 Å². The minimum Gasteiger partial charge on any atom is -0.466 e. The molecule has 21 heavy (non-hydrogen) atoms. The van der Waals surface area contributed by atoms with Gasteiger partial charge in [-0.3, -0.25) is 9.59 Å². The van der Waals surface area contributed by atoms with Crippen molar-refractivity contribution in [1.82, 2.24) is 5.32 Å². The second-order valence-electron chi connectivity index (χ2n) is 5.02. The van der Waals surface area contributed by atoms with Gasteiger partial charge in [0.2, 0.25) is 5.91 Å². The van der Waals surface area contributed by atoms with Crippen LogP contribution < -0.4 is 10.6 Å². The predicted molar refractivity (Wildman–Crippen MR) is 83.3 cm³/mol. The van der Waals surface area contributed by atoms with E-state index in [1.54, 1.807) is 6.92 Å². The van der Waals surface area contributed by atoms with Gasteiger partial charge in [-0.15, -0.1) is 0 Å². The van der Waals surface area contributed by atoms with Crippen LogP contribution in [-0.2, 0) is 14.3 Å².